The van der Waals surface area contributed by atoms with Gasteiger partial charge in [-0.05, 0) is 37.8 Å². The summed E-state index contributed by atoms with van der Waals surface area (Å²) in [5.74, 6) is 0.626. The fourth-order valence-corrected chi connectivity index (χ4v) is 4.23. The number of piperidine rings is 1. The van der Waals surface area contributed by atoms with E-state index in [-0.39, 0.29) is 0 Å². The topological polar surface area (TPSA) is 54.3 Å². The first-order valence-electron chi connectivity index (χ1n) is 7.81. The van der Waals surface area contributed by atoms with Gasteiger partial charge in [-0.1, -0.05) is 13.8 Å². The summed E-state index contributed by atoms with van der Waals surface area (Å²) in [5.41, 5.74) is 1.01. The van der Waals surface area contributed by atoms with Crippen LogP contribution < -0.4 is 5.32 Å². The van der Waals surface area contributed by atoms with Gasteiger partial charge in [0, 0.05) is 38.6 Å². The smallest absolute Gasteiger partial charge is 0.244 e. The Morgan fingerprint density at radius 1 is 1.33 bits per heavy atom. The first kappa shape index (κ1) is 16.5. The molecule has 1 aliphatic rings. The van der Waals surface area contributed by atoms with Crippen molar-refractivity contribution in [3.8, 4) is 0 Å². The summed E-state index contributed by atoms with van der Waals surface area (Å²) in [6.45, 7) is 7.23. The largest absolute Gasteiger partial charge is 0.352 e. The van der Waals surface area contributed by atoms with E-state index in [0.717, 1.165) is 31.5 Å². The molecular formula is C15H27N3O2S. The molecule has 2 heterocycles. The number of aromatic nitrogens is 1. The fraction of sp³-hybridized carbons (Fsp3) is 0.733. The van der Waals surface area contributed by atoms with Gasteiger partial charge in [-0.15, -0.1) is 0 Å². The zero-order valence-electron chi connectivity index (χ0n) is 13.3. The van der Waals surface area contributed by atoms with Crippen LogP contribution in [-0.2, 0) is 23.6 Å². The molecule has 1 aromatic rings. The van der Waals surface area contributed by atoms with Gasteiger partial charge in [0.2, 0.25) is 10.0 Å². The molecule has 0 saturated carbocycles. The van der Waals surface area contributed by atoms with Crippen molar-refractivity contribution in [2.45, 2.75) is 44.6 Å². The van der Waals surface area contributed by atoms with E-state index >= 15 is 0 Å². The summed E-state index contributed by atoms with van der Waals surface area (Å²) in [4.78, 5) is 0.424. The highest BCUT2D eigenvalue weighted by molar-refractivity contribution is 7.89. The van der Waals surface area contributed by atoms with E-state index < -0.39 is 10.0 Å². The van der Waals surface area contributed by atoms with Gasteiger partial charge in [0.1, 0.15) is 4.90 Å². The Balaban J connectivity index is 2.11. The third-order valence-corrected chi connectivity index (χ3v) is 6.06. The maximum Gasteiger partial charge on any atom is 0.244 e. The van der Waals surface area contributed by atoms with Gasteiger partial charge >= 0.3 is 0 Å². The second kappa shape index (κ2) is 6.94. The molecular weight excluding hydrogens is 286 g/mol. The van der Waals surface area contributed by atoms with Crippen LogP contribution in [0.2, 0.25) is 0 Å². The number of sulfonamides is 1. The number of nitrogens with one attached hydrogen (secondary N) is 1. The lowest BCUT2D eigenvalue weighted by atomic mass is 10.0. The van der Waals surface area contributed by atoms with Gasteiger partial charge in [-0.3, -0.25) is 0 Å². The summed E-state index contributed by atoms with van der Waals surface area (Å²) < 4.78 is 28.9. The molecule has 5 nitrogen and oxygen atoms in total. The lowest BCUT2D eigenvalue weighted by molar-refractivity contribution is 0.288. The molecule has 0 unspecified atom stereocenters. The highest BCUT2D eigenvalue weighted by atomic mass is 32.2. The Labute approximate surface area is 128 Å². The molecule has 6 heteroatoms. The van der Waals surface area contributed by atoms with Crippen LogP contribution in [0.25, 0.3) is 0 Å². The van der Waals surface area contributed by atoms with E-state index in [9.17, 15) is 8.42 Å². The molecule has 0 amide bonds. The lowest BCUT2D eigenvalue weighted by Crippen LogP contribution is -2.37. The van der Waals surface area contributed by atoms with E-state index in [2.05, 4.69) is 19.2 Å². The average molecular weight is 313 g/mol. The number of hydrogen-bond donors (Lipinski definition) is 1. The number of aryl methyl sites for hydroxylation is 1. The van der Waals surface area contributed by atoms with Crippen molar-refractivity contribution in [3.63, 3.8) is 0 Å². The SMILES string of the molecule is CCCNCc1cc(S(=O)(=O)N2CCC(C)CC2)cn1C. The molecule has 1 aromatic heterocycles. The van der Waals surface area contributed by atoms with Crippen molar-refractivity contribution in [1.82, 2.24) is 14.2 Å². The Morgan fingerprint density at radius 3 is 2.62 bits per heavy atom. The molecule has 0 atom stereocenters. The minimum Gasteiger partial charge on any atom is -0.352 e. The van der Waals surface area contributed by atoms with E-state index in [4.69, 9.17) is 0 Å². The third-order valence-electron chi connectivity index (χ3n) is 4.20. The number of nitrogens with zero attached hydrogens (tertiary/aromatic N) is 2. The van der Waals surface area contributed by atoms with Crippen molar-refractivity contribution in [2.24, 2.45) is 13.0 Å². The summed E-state index contributed by atoms with van der Waals surface area (Å²) in [6, 6.07) is 1.80. The van der Waals surface area contributed by atoms with Gasteiger partial charge in [0.15, 0.2) is 0 Å². The average Bonchev–Trinajstić information content (AvgIpc) is 2.82. The maximum absolute atomic E-state index is 12.7. The van der Waals surface area contributed by atoms with Crippen molar-refractivity contribution in [2.75, 3.05) is 19.6 Å². The van der Waals surface area contributed by atoms with Crippen LogP contribution in [-0.4, -0.2) is 36.9 Å². The molecule has 1 fully saturated rings. The minimum atomic E-state index is -3.33. The van der Waals surface area contributed by atoms with E-state index in [0.29, 0.717) is 30.4 Å². The Bertz CT molecular complexity index is 557. The Kier molecular flexibility index (Phi) is 5.46. The molecule has 0 bridgehead atoms. The van der Waals surface area contributed by atoms with Gasteiger partial charge in [-0.25, -0.2) is 8.42 Å². The van der Waals surface area contributed by atoms with Gasteiger partial charge in [0.05, 0.1) is 0 Å². The summed E-state index contributed by atoms with van der Waals surface area (Å²) in [6.07, 6.45) is 4.71. The number of hydrogen-bond acceptors (Lipinski definition) is 3. The third kappa shape index (κ3) is 3.87. The number of rotatable bonds is 6. The Morgan fingerprint density at radius 2 is 2.00 bits per heavy atom. The molecule has 120 valence electrons. The van der Waals surface area contributed by atoms with Gasteiger partial charge < -0.3 is 9.88 Å². The van der Waals surface area contributed by atoms with Crippen molar-refractivity contribution in [3.05, 3.63) is 18.0 Å². The zero-order valence-corrected chi connectivity index (χ0v) is 14.1. The van der Waals surface area contributed by atoms with Crippen LogP contribution >= 0.6 is 0 Å². The van der Waals surface area contributed by atoms with E-state index in [1.807, 2.05) is 11.6 Å². The monoisotopic (exact) mass is 313 g/mol. The second-order valence-electron chi connectivity index (χ2n) is 6.04. The molecule has 1 saturated heterocycles. The van der Waals surface area contributed by atoms with Crippen LogP contribution in [0.3, 0.4) is 0 Å². The van der Waals surface area contributed by atoms with Crippen LogP contribution in [0.1, 0.15) is 38.8 Å². The molecule has 1 N–H and O–H groups in total. The van der Waals surface area contributed by atoms with Crippen LogP contribution in [0, 0.1) is 5.92 Å². The standard InChI is InChI=1S/C15H27N3O2S/c1-4-7-16-11-14-10-15(12-17(14)3)21(19,20)18-8-5-13(2)6-9-18/h10,12-13,16H,4-9,11H2,1-3H3. The predicted octanol–water partition coefficient (Wildman–Crippen LogP) is 1.95. The minimum absolute atomic E-state index is 0.424. The molecule has 0 aromatic carbocycles. The van der Waals surface area contributed by atoms with E-state index in [1.165, 1.54) is 0 Å². The molecule has 21 heavy (non-hydrogen) atoms. The summed E-state index contributed by atoms with van der Waals surface area (Å²) in [7, 11) is -1.43. The second-order valence-corrected chi connectivity index (χ2v) is 7.98. The van der Waals surface area contributed by atoms with Gasteiger partial charge in [0.25, 0.3) is 0 Å². The quantitative estimate of drug-likeness (QED) is 0.817. The molecule has 0 radical (unpaired) electrons. The fourth-order valence-electron chi connectivity index (χ4n) is 2.66. The van der Waals surface area contributed by atoms with E-state index in [1.54, 1.807) is 16.6 Å². The van der Waals surface area contributed by atoms with Crippen molar-refractivity contribution < 1.29 is 8.42 Å². The molecule has 2 rings (SSSR count). The normalized spacial score (nSPS) is 18.2. The van der Waals surface area contributed by atoms with Crippen molar-refractivity contribution >= 4 is 10.0 Å². The maximum atomic E-state index is 12.7. The van der Waals surface area contributed by atoms with Crippen LogP contribution in [0.15, 0.2) is 17.2 Å². The van der Waals surface area contributed by atoms with Gasteiger partial charge in [-0.2, -0.15) is 4.31 Å². The first-order valence-corrected chi connectivity index (χ1v) is 9.25. The highest BCUT2D eigenvalue weighted by Gasteiger charge is 2.29. The molecule has 0 aliphatic carbocycles. The van der Waals surface area contributed by atoms with Crippen LogP contribution in [0.4, 0.5) is 0 Å². The zero-order chi connectivity index (χ0) is 15.5. The first-order chi connectivity index (χ1) is 9.95. The Hall–Kier alpha value is -0.850. The molecule has 0 spiro atoms. The highest BCUT2D eigenvalue weighted by Crippen LogP contribution is 2.24. The predicted molar refractivity (Wildman–Crippen MR) is 84.6 cm³/mol. The summed E-state index contributed by atoms with van der Waals surface area (Å²) in [5, 5.41) is 3.31. The summed E-state index contributed by atoms with van der Waals surface area (Å²) >= 11 is 0. The van der Waals surface area contributed by atoms with Crippen molar-refractivity contribution in [1.29, 1.82) is 0 Å². The van der Waals surface area contributed by atoms with Crippen LogP contribution in [0.5, 0.6) is 0 Å². The lowest BCUT2D eigenvalue weighted by Gasteiger charge is -2.29. The molecule has 1 aliphatic heterocycles.